The number of rotatable bonds is 8. The second-order valence-electron chi connectivity index (χ2n) is 5.52. The highest BCUT2D eigenvalue weighted by atomic mass is 16.5. The molecule has 0 amide bonds. The second kappa shape index (κ2) is 9.82. The van der Waals surface area contributed by atoms with Gasteiger partial charge < -0.3 is 24.8 Å². The van der Waals surface area contributed by atoms with Crippen LogP contribution in [0.1, 0.15) is 19.4 Å². The Bertz CT molecular complexity index is 516. The maximum atomic E-state index is 5.49. The van der Waals surface area contributed by atoms with Crippen LogP contribution in [0.2, 0.25) is 0 Å². The van der Waals surface area contributed by atoms with Gasteiger partial charge in [-0.2, -0.15) is 0 Å². The third-order valence-corrected chi connectivity index (χ3v) is 3.37. The Balaban J connectivity index is 2.70. The molecule has 0 saturated heterocycles. The fourth-order valence-corrected chi connectivity index (χ4v) is 2.20. The Hall–Kier alpha value is -2.11. The summed E-state index contributed by atoms with van der Waals surface area (Å²) in [4.78, 5) is 4.21. The van der Waals surface area contributed by atoms with Gasteiger partial charge in [0.2, 0.25) is 5.75 Å². The number of guanidine groups is 1. The summed E-state index contributed by atoms with van der Waals surface area (Å²) in [6.45, 7) is 5.95. The fourth-order valence-electron chi connectivity index (χ4n) is 2.20. The lowest BCUT2D eigenvalue weighted by atomic mass is 10.1. The van der Waals surface area contributed by atoms with Gasteiger partial charge in [0.25, 0.3) is 0 Å². The summed E-state index contributed by atoms with van der Waals surface area (Å²) >= 11 is 0. The summed E-state index contributed by atoms with van der Waals surface area (Å²) in [6.07, 6.45) is 0.784. The van der Waals surface area contributed by atoms with Crippen LogP contribution in [0.25, 0.3) is 0 Å². The van der Waals surface area contributed by atoms with Crippen molar-refractivity contribution in [3.05, 3.63) is 17.7 Å². The van der Waals surface area contributed by atoms with Gasteiger partial charge in [-0.3, -0.25) is 4.99 Å². The summed E-state index contributed by atoms with van der Waals surface area (Å²) in [7, 11) is 6.63. The van der Waals surface area contributed by atoms with E-state index in [0.717, 1.165) is 31.0 Å². The van der Waals surface area contributed by atoms with Crippen molar-refractivity contribution in [1.29, 1.82) is 0 Å². The summed E-state index contributed by atoms with van der Waals surface area (Å²) in [5.74, 6) is 3.36. The molecule has 6 nitrogen and oxygen atoms in total. The van der Waals surface area contributed by atoms with Gasteiger partial charge in [-0.25, -0.2) is 0 Å². The Morgan fingerprint density at radius 1 is 1.04 bits per heavy atom. The summed E-state index contributed by atoms with van der Waals surface area (Å²) in [6, 6.07) is 3.88. The average Bonchev–Trinajstić information content (AvgIpc) is 2.56. The fraction of sp³-hybridized carbons (Fsp3) is 0.588. The molecule has 130 valence electrons. The molecule has 6 heteroatoms. The van der Waals surface area contributed by atoms with Crippen molar-refractivity contribution in [2.24, 2.45) is 10.9 Å². The molecule has 0 radical (unpaired) electrons. The third kappa shape index (κ3) is 5.54. The molecule has 0 aliphatic rings. The highest BCUT2D eigenvalue weighted by Crippen LogP contribution is 2.39. The lowest BCUT2D eigenvalue weighted by Gasteiger charge is -2.17. The highest BCUT2D eigenvalue weighted by Gasteiger charge is 2.15. The molecule has 0 saturated carbocycles. The van der Waals surface area contributed by atoms with E-state index in [9.17, 15) is 0 Å². The van der Waals surface area contributed by atoms with Crippen LogP contribution >= 0.6 is 0 Å². The van der Waals surface area contributed by atoms with Gasteiger partial charge in [0.1, 0.15) is 0 Å². The first-order valence-electron chi connectivity index (χ1n) is 7.79. The molecule has 0 bridgehead atoms. The van der Waals surface area contributed by atoms with E-state index in [1.807, 2.05) is 12.1 Å². The minimum absolute atomic E-state index is 0.569. The van der Waals surface area contributed by atoms with E-state index >= 15 is 0 Å². The van der Waals surface area contributed by atoms with E-state index in [-0.39, 0.29) is 0 Å². The van der Waals surface area contributed by atoms with E-state index in [1.165, 1.54) is 0 Å². The van der Waals surface area contributed by atoms with E-state index in [2.05, 4.69) is 29.5 Å². The molecular formula is C17H29N3O3. The first kappa shape index (κ1) is 18.9. The summed E-state index contributed by atoms with van der Waals surface area (Å²) < 4.78 is 16.2. The van der Waals surface area contributed by atoms with Gasteiger partial charge in [0.15, 0.2) is 17.5 Å². The zero-order chi connectivity index (χ0) is 17.2. The van der Waals surface area contributed by atoms with Gasteiger partial charge in [-0.1, -0.05) is 19.9 Å². The van der Waals surface area contributed by atoms with Crippen LogP contribution in [0.5, 0.6) is 17.2 Å². The molecule has 0 heterocycles. The smallest absolute Gasteiger partial charge is 0.203 e. The number of nitrogens with zero attached hydrogens (tertiary/aromatic N) is 1. The van der Waals surface area contributed by atoms with E-state index < -0.39 is 0 Å². The van der Waals surface area contributed by atoms with Gasteiger partial charge in [0, 0.05) is 25.7 Å². The minimum Gasteiger partial charge on any atom is -0.493 e. The minimum atomic E-state index is 0.569. The predicted octanol–water partition coefficient (Wildman–Crippen LogP) is 2.08. The van der Waals surface area contributed by atoms with Crippen LogP contribution in [-0.4, -0.2) is 47.4 Å². The summed E-state index contributed by atoms with van der Waals surface area (Å²) in [5, 5.41) is 6.59. The standard InChI is InChI=1S/C17H29N3O3/c1-12(2)11-20-17(18-3)19-10-9-13-7-8-14(21-4)16(23-6)15(13)22-5/h7-8,12H,9-11H2,1-6H3,(H2,18,19,20). The molecule has 0 atom stereocenters. The Kier molecular flexibility index (Phi) is 8.08. The van der Waals surface area contributed by atoms with Crippen LogP contribution in [0.4, 0.5) is 0 Å². The van der Waals surface area contributed by atoms with Crippen molar-refractivity contribution in [3.8, 4) is 17.2 Å². The number of benzene rings is 1. The van der Waals surface area contributed by atoms with Crippen molar-refractivity contribution in [2.75, 3.05) is 41.5 Å². The predicted molar refractivity (Wildman–Crippen MR) is 94.0 cm³/mol. The normalized spacial score (nSPS) is 11.3. The molecule has 0 aliphatic heterocycles. The van der Waals surface area contributed by atoms with E-state index in [0.29, 0.717) is 23.2 Å². The molecule has 0 unspecified atom stereocenters. The van der Waals surface area contributed by atoms with Crippen molar-refractivity contribution < 1.29 is 14.2 Å². The number of ether oxygens (including phenoxy) is 3. The van der Waals surface area contributed by atoms with Gasteiger partial charge in [-0.15, -0.1) is 0 Å². The Labute approximate surface area is 139 Å². The molecular weight excluding hydrogens is 294 g/mol. The van der Waals surface area contributed by atoms with Crippen molar-refractivity contribution in [1.82, 2.24) is 10.6 Å². The van der Waals surface area contributed by atoms with Crippen molar-refractivity contribution in [2.45, 2.75) is 20.3 Å². The van der Waals surface area contributed by atoms with Gasteiger partial charge >= 0.3 is 0 Å². The van der Waals surface area contributed by atoms with Crippen LogP contribution in [0, 0.1) is 5.92 Å². The van der Waals surface area contributed by atoms with E-state index in [4.69, 9.17) is 14.2 Å². The molecule has 0 aliphatic carbocycles. The van der Waals surface area contributed by atoms with Crippen LogP contribution in [0.3, 0.4) is 0 Å². The van der Waals surface area contributed by atoms with Gasteiger partial charge in [0.05, 0.1) is 21.3 Å². The zero-order valence-corrected chi connectivity index (χ0v) is 15.0. The summed E-state index contributed by atoms with van der Waals surface area (Å²) in [5.41, 5.74) is 1.05. The quantitative estimate of drug-likeness (QED) is 0.566. The lowest BCUT2D eigenvalue weighted by Crippen LogP contribution is -2.39. The monoisotopic (exact) mass is 323 g/mol. The van der Waals surface area contributed by atoms with Crippen molar-refractivity contribution in [3.63, 3.8) is 0 Å². The lowest BCUT2D eigenvalue weighted by molar-refractivity contribution is 0.322. The average molecular weight is 323 g/mol. The Morgan fingerprint density at radius 3 is 2.26 bits per heavy atom. The van der Waals surface area contributed by atoms with Crippen LogP contribution in [0.15, 0.2) is 17.1 Å². The molecule has 1 aromatic rings. The van der Waals surface area contributed by atoms with Gasteiger partial charge in [-0.05, 0) is 18.4 Å². The topological polar surface area (TPSA) is 64.1 Å². The molecule has 0 aromatic heterocycles. The molecule has 1 aromatic carbocycles. The number of aliphatic imine (C=N–C) groups is 1. The number of nitrogens with one attached hydrogen (secondary N) is 2. The first-order valence-corrected chi connectivity index (χ1v) is 7.79. The SMILES string of the molecule is CN=C(NCCc1ccc(OC)c(OC)c1OC)NCC(C)C. The molecule has 0 spiro atoms. The molecule has 1 rings (SSSR count). The van der Waals surface area contributed by atoms with Crippen LogP contribution in [-0.2, 0) is 6.42 Å². The van der Waals surface area contributed by atoms with E-state index in [1.54, 1.807) is 28.4 Å². The largest absolute Gasteiger partial charge is 0.493 e. The third-order valence-electron chi connectivity index (χ3n) is 3.37. The zero-order valence-electron chi connectivity index (χ0n) is 15.0. The number of hydrogen-bond donors (Lipinski definition) is 2. The number of methoxy groups -OCH3 is 3. The molecule has 0 fully saturated rings. The first-order chi connectivity index (χ1) is 11.1. The maximum absolute atomic E-state index is 5.49. The second-order valence-corrected chi connectivity index (χ2v) is 5.52. The molecule has 2 N–H and O–H groups in total. The van der Waals surface area contributed by atoms with Crippen LogP contribution < -0.4 is 24.8 Å². The maximum Gasteiger partial charge on any atom is 0.203 e. The Morgan fingerprint density at radius 2 is 1.74 bits per heavy atom. The highest BCUT2D eigenvalue weighted by molar-refractivity contribution is 5.79. The van der Waals surface area contributed by atoms with Crippen molar-refractivity contribution >= 4 is 5.96 Å². The molecule has 23 heavy (non-hydrogen) atoms. The number of hydrogen-bond acceptors (Lipinski definition) is 4.